The molecule has 0 saturated carbocycles. The molecule has 0 radical (unpaired) electrons. The number of amides is 3. The van der Waals surface area contributed by atoms with Crippen LogP contribution < -0.4 is 10.6 Å². The first kappa shape index (κ1) is 21.7. The summed E-state index contributed by atoms with van der Waals surface area (Å²) >= 11 is 6.06. The predicted molar refractivity (Wildman–Crippen MR) is 109 cm³/mol. The van der Waals surface area contributed by atoms with Crippen molar-refractivity contribution < 1.29 is 14.3 Å². The zero-order valence-corrected chi connectivity index (χ0v) is 16.8. The molecule has 0 spiro atoms. The number of carbonyl (C=O) groups is 2. The molecule has 1 aromatic heterocycles. The molecule has 150 valence electrons. The number of anilines is 1. The first-order chi connectivity index (χ1) is 13.5. The Morgan fingerprint density at radius 1 is 1.25 bits per heavy atom. The van der Waals surface area contributed by atoms with E-state index in [-0.39, 0.29) is 24.9 Å². The molecule has 0 saturated heterocycles. The number of nitrogens with zero attached hydrogens (tertiary/aromatic N) is 2. The fourth-order valence-electron chi connectivity index (χ4n) is 2.52. The van der Waals surface area contributed by atoms with Gasteiger partial charge in [-0.2, -0.15) is 0 Å². The summed E-state index contributed by atoms with van der Waals surface area (Å²) in [6.45, 7) is 3.33. The lowest BCUT2D eigenvalue weighted by atomic mass is 10.2. The second kappa shape index (κ2) is 11.3. The Labute approximate surface area is 170 Å². The molecule has 28 heavy (non-hydrogen) atoms. The van der Waals surface area contributed by atoms with E-state index >= 15 is 0 Å². The Morgan fingerprint density at radius 3 is 2.79 bits per heavy atom. The summed E-state index contributed by atoms with van der Waals surface area (Å²) in [5.41, 5.74) is 2.40. The lowest BCUT2D eigenvalue weighted by molar-refractivity contribution is -0.116. The number of carbonyl (C=O) groups excluding carboxylic acids is 2. The highest BCUT2D eigenvalue weighted by molar-refractivity contribution is 6.31. The van der Waals surface area contributed by atoms with Gasteiger partial charge in [0.25, 0.3) is 0 Å². The molecular formula is C20H25ClN4O3. The molecule has 2 N–H and O–H groups in total. The molecule has 7 nitrogen and oxygen atoms in total. The number of benzene rings is 1. The van der Waals surface area contributed by atoms with Crippen LogP contribution in [0.1, 0.15) is 17.5 Å². The maximum atomic E-state index is 12.5. The van der Waals surface area contributed by atoms with Crippen molar-refractivity contribution >= 4 is 29.2 Å². The van der Waals surface area contributed by atoms with Crippen LogP contribution >= 0.6 is 11.6 Å². The summed E-state index contributed by atoms with van der Waals surface area (Å²) in [6, 6.07) is 8.80. The SMILES string of the molecule is COCCN(Cc1cccnc1)C(=O)NCCC(=O)Nc1cccc(Cl)c1C. The van der Waals surface area contributed by atoms with E-state index in [4.69, 9.17) is 16.3 Å². The number of hydrogen-bond acceptors (Lipinski definition) is 4. The fraction of sp³-hybridized carbons (Fsp3) is 0.350. The van der Waals surface area contributed by atoms with Gasteiger partial charge in [0.1, 0.15) is 0 Å². The standard InChI is InChI=1S/C20H25ClN4O3/c1-15-17(21)6-3-7-18(15)24-19(26)8-10-23-20(27)25(11-12-28-2)14-16-5-4-9-22-13-16/h3-7,9,13H,8,10-12,14H2,1-2H3,(H,23,27)(H,24,26). The maximum absolute atomic E-state index is 12.5. The van der Waals surface area contributed by atoms with Crippen LogP contribution in [0.4, 0.5) is 10.5 Å². The highest BCUT2D eigenvalue weighted by Gasteiger charge is 2.14. The number of pyridine rings is 1. The molecule has 0 bridgehead atoms. The largest absolute Gasteiger partial charge is 0.383 e. The highest BCUT2D eigenvalue weighted by atomic mass is 35.5. The average molecular weight is 405 g/mol. The van der Waals surface area contributed by atoms with Gasteiger partial charge in [-0.25, -0.2) is 4.79 Å². The minimum atomic E-state index is -0.257. The first-order valence-corrected chi connectivity index (χ1v) is 9.34. The van der Waals surface area contributed by atoms with Gasteiger partial charge in [-0.15, -0.1) is 0 Å². The molecule has 8 heteroatoms. The van der Waals surface area contributed by atoms with Crippen molar-refractivity contribution in [1.29, 1.82) is 0 Å². The van der Waals surface area contributed by atoms with Crippen molar-refractivity contribution in [1.82, 2.24) is 15.2 Å². The van der Waals surface area contributed by atoms with Crippen LogP contribution in [0.25, 0.3) is 0 Å². The van der Waals surface area contributed by atoms with Crippen molar-refractivity contribution in [2.75, 3.05) is 32.1 Å². The molecule has 0 aliphatic carbocycles. The molecule has 3 amide bonds. The van der Waals surface area contributed by atoms with Crippen LogP contribution in [0.2, 0.25) is 5.02 Å². The third-order valence-corrected chi connectivity index (χ3v) is 4.53. The molecule has 0 aliphatic heterocycles. The molecule has 1 aromatic carbocycles. The van der Waals surface area contributed by atoms with Crippen LogP contribution in [0, 0.1) is 6.92 Å². The van der Waals surface area contributed by atoms with Gasteiger partial charge < -0.3 is 20.3 Å². The minimum Gasteiger partial charge on any atom is -0.383 e. The van der Waals surface area contributed by atoms with Gasteiger partial charge in [0.2, 0.25) is 5.91 Å². The van der Waals surface area contributed by atoms with Crippen LogP contribution in [0.3, 0.4) is 0 Å². The highest BCUT2D eigenvalue weighted by Crippen LogP contribution is 2.22. The summed E-state index contributed by atoms with van der Waals surface area (Å²) in [7, 11) is 1.59. The lowest BCUT2D eigenvalue weighted by Gasteiger charge is -2.22. The summed E-state index contributed by atoms with van der Waals surface area (Å²) in [5.74, 6) is -0.193. The Bertz CT molecular complexity index is 786. The minimum absolute atomic E-state index is 0.155. The van der Waals surface area contributed by atoms with E-state index in [1.54, 1.807) is 42.6 Å². The van der Waals surface area contributed by atoms with Crippen molar-refractivity contribution in [2.24, 2.45) is 0 Å². The van der Waals surface area contributed by atoms with E-state index in [0.29, 0.717) is 30.4 Å². The van der Waals surface area contributed by atoms with Gasteiger partial charge in [-0.05, 0) is 36.2 Å². The van der Waals surface area contributed by atoms with Crippen LogP contribution in [-0.2, 0) is 16.1 Å². The normalized spacial score (nSPS) is 10.4. The van der Waals surface area contributed by atoms with E-state index in [2.05, 4.69) is 15.6 Å². The van der Waals surface area contributed by atoms with Gasteiger partial charge >= 0.3 is 6.03 Å². The van der Waals surface area contributed by atoms with Crippen molar-refractivity contribution in [3.63, 3.8) is 0 Å². The summed E-state index contributed by atoms with van der Waals surface area (Å²) < 4.78 is 5.08. The first-order valence-electron chi connectivity index (χ1n) is 8.97. The van der Waals surface area contributed by atoms with E-state index in [0.717, 1.165) is 11.1 Å². The van der Waals surface area contributed by atoms with E-state index in [9.17, 15) is 9.59 Å². The van der Waals surface area contributed by atoms with Gasteiger partial charge in [-0.1, -0.05) is 23.7 Å². The zero-order chi connectivity index (χ0) is 20.4. The zero-order valence-electron chi connectivity index (χ0n) is 16.1. The van der Waals surface area contributed by atoms with Gasteiger partial charge in [0, 0.05) is 56.3 Å². The van der Waals surface area contributed by atoms with Gasteiger partial charge in [-0.3, -0.25) is 9.78 Å². The topological polar surface area (TPSA) is 83.6 Å². The second-order valence-electron chi connectivity index (χ2n) is 6.22. The number of halogens is 1. The van der Waals surface area contributed by atoms with E-state index in [1.165, 1.54) is 0 Å². The molecule has 0 aliphatic rings. The molecule has 2 rings (SSSR count). The third kappa shape index (κ3) is 6.83. The number of methoxy groups -OCH3 is 1. The third-order valence-electron chi connectivity index (χ3n) is 4.12. The summed E-state index contributed by atoms with van der Waals surface area (Å²) in [5, 5.41) is 6.18. The van der Waals surface area contributed by atoms with Crippen LogP contribution in [-0.4, -0.2) is 48.6 Å². The Hall–Kier alpha value is -2.64. The molecule has 0 atom stereocenters. The number of ether oxygens (including phenoxy) is 1. The van der Waals surface area contributed by atoms with Crippen molar-refractivity contribution in [3.05, 3.63) is 58.9 Å². The number of rotatable bonds is 9. The second-order valence-corrected chi connectivity index (χ2v) is 6.63. The Kier molecular flexibility index (Phi) is 8.71. The van der Waals surface area contributed by atoms with Gasteiger partial charge in [0.15, 0.2) is 0 Å². The smallest absolute Gasteiger partial charge is 0.317 e. The molecule has 1 heterocycles. The maximum Gasteiger partial charge on any atom is 0.317 e. The summed E-state index contributed by atoms with van der Waals surface area (Å²) in [6.07, 6.45) is 3.56. The number of aromatic nitrogens is 1. The molecular weight excluding hydrogens is 380 g/mol. The van der Waals surface area contributed by atoms with E-state index < -0.39 is 0 Å². The number of hydrogen-bond donors (Lipinski definition) is 2. The lowest BCUT2D eigenvalue weighted by Crippen LogP contribution is -2.42. The van der Waals surface area contributed by atoms with Crippen molar-refractivity contribution in [2.45, 2.75) is 19.9 Å². The van der Waals surface area contributed by atoms with E-state index in [1.807, 2.05) is 19.1 Å². The van der Waals surface area contributed by atoms with Crippen LogP contribution in [0.15, 0.2) is 42.7 Å². The number of nitrogens with one attached hydrogen (secondary N) is 2. The Morgan fingerprint density at radius 2 is 2.07 bits per heavy atom. The van der Waals surface area contributed by atoms with Crippen LogP contribution in [0.5, 0.6) is 0 Å². The fourth-order valence-corrected chi connectivity index (χ4v) is 2.69. The Balaban J connectivity index is 1.84. The van der Waals surface area contributed by atoms with Crippen molar-refractivity contribution in [3.8, 4) is 0 Å². The average Bonchev–Trinajstić information content (AvgIpc) is 2.69. The predicted octanol–water partition coefficient (Wildman–Crippen LogP) is 3.23. The quantitative estimate of drug-likeness (QED) is 0.672. The molecule has 0 fully saturated rings. The van der Waals surface area contributed by atoms with Gasteiger partial charge in [0.05, 0.1) is 6.61 Å². The monoisotopic (exact) mass is 404 g/mol. The molecule has 0 unspecified atom stereocenters. The summed E-state index contributed by atoms with van der Waals surface area (Å²) in [4.78, 5) is 30.3. The number of urea groups is 1. The molecule has 2 aromatic rings.